The van der Waals surface area contributed by atoms with Crippen molar-refractivity contribution in [1.82, 2.24) is 0 Å². The molecule has 1 heterocycles. The van der Waals surface area contributed by atoms with E-state index in [-0.39, 0.29) is 22.2 Å². The van der Waals surface area contributed by atoms with Crippen LogP contribution in [0.5, 0.6) is 0 Å². The van der Waals surface area contributed by atoms with E-state index >= 15 is 0 Å². The summed E-state index contributed by atoms with van der Waals surface area (Å²) in [4.78, 5) is 4.43. The molecular weight excluding hydrogens is 379 g/mol. The van der Waals surface area contributed by atoms with Crippen LogP contribution in [0.4, 0.5) is 4.39 Å². The molecule has 0 aliphatic carbocycles. The lowest BCUT2D eigenvalue weighted by Crippen LogP contribution is -2.54. The van der Waals surface area contributed by atoms with E-state index in [1.54, 1.807) is 26.8 Å². The van der Waals surface area contributed by atoms with E-state index in [0.717, 1.165) is 0 Å². The average molecular weight is 396 g/mol. The normalized spacial score (nSPS) is 31.8. The highest BCUT2D eigenvalue weighted by Crippen LogP contribution is 2.40. The highest BCUT2D eigenvalue weighted by Gasteiger charge is 2.46. The van der Waals surface area contributed by atoms with E-state index in [9.17, 15) is 8.60 Å². The number of amidine groups is 1. The number of halogens is 3. The zero-order chi connectivity index (χ0) is 16.2. The molecule has 0 spiro atoms. The molecule has 1 aromatic carbocycles. The number of aliphatic imine (C=N–C) groups is 1. The molecule has 0 fully saturated rings. The van der Waals surface area contributed by atoms with Gasteiger partial charge in [0, 0.05) is 15.8 Å². The van der Waals surface area contributed by atoms with Crippen LogP contribution in [0, 0.1) is 5.82 Å². The minimum absolute atomic E-state index is 0.0187. The second-order valence-electron chi connectivity index (χ2n) is 5.99. The van der Waals surface area contributed by atoms with Crippen LogP contribution in [0.3, 0.4) is 0 Å². The largest absolute Gasteiger partial charge is 0.386 e. The fraction of sp³-hybridized carbons (Fsp3) is 0.429. The molecule has 116 valence electrons. The number of hydrogen-bond acceptors (Lipinski definition) is 3. The van der Waals surface area contributed by atoms with Gasteiger partial charge in [-0.2, -0.15) is 0 Å². The van der Waals surface area contributed by atoms with Crippen molar-refractivity contribution in [3.05, 3.63) is 33.0 Å². The summed E-state index contributed by atoms with van der Waals surface area (Å²) in [5.74, 6) is 3.58. The third-order valence-corrected chi connectivity index (χ3v) is 7.83. The summed E-state index contributed by atoms with van der Waals surface area (Å²) in [5, 5.41) is -0.0187. The molecule has 1 aromatic rings. The molecule has 3 nitrogen and oxygen atoms in total. The van der Waals surface area contributed by atoms with Gasteiger partial charge in [-0.3, -0.25) is 9.20 Å². The summed E-state index contributed by atoms with van der Waals surface area (Å²) in [5.41, 5.74) is 5.19. The highest BCUT2D eigenvalue weighted by molar-refractivity contribution is 9.10. The molecular formula is C14H17BrClFN2OS. The van der Waals surface area contributed by atoms with Gasteiger partial charge in [0.15, 0.2) is 0 Å². The molecule has 0 aromatic heterocycles. The van der Waals surface area contributed by atoms with Crippen molar-refractivity contribution >= 4 is 48.8 Å². The molecule has 0 saturated heterocycles. The van der Waals surface area contributed by atoms with E-state index in [1.807, 2.05) is 0 Å². The zero-order valence-electron chi connectivity index (χ0n) is 12.0. The Labute approximate surface area is 137 Å². The number of nitrogens with two attached hydrogens (primary N) is 1. The summed E-state index contributed by atoms with van der Waals surface area (Å²) in [6.45, 7) is 5.18. The molecule has 2 rings (SSSR count). The molecule has 1 aliphatic heterocycles. The molecule has 1 unspecified atom stereocenters. The first-order valence-corrected chi connectivity index (χ1v) is 9.33. The first kappa shape index (κ1) is 16.8. The van der Waals surface area contributed by atoms with Crippen LogP contribution >= 0.6 is 27.5 Å². The van der Waals surface area contributed by atoms with Gasteiger partial charge in [0.05, 0.1) is 15.3 Å². The fourth-order valence-corrected chi connectivity index (χ4v) is 5.07. The number of benzene rings is 1. The Kier molecular flexibility index (Phi) is 3.96. The van der Waals surface area contributed by atoms with Gasteiger partial charge in [-0.05, 0) is 48.3 Å². The van der Waals surface area contributed by atoms with E-state index < -0.39 is 25.6 Å². The van der Waals surface area contributed by atoms with Crippen molar-refractivity contribution in [2.75, 3.05) is 5.75 Å². The van der Waals surface area contributed by atoms with Crippen molar-refractivity contribution < 1.29 is 8.60 Å². The average Bonchev–Trinajstić information content (AvgIpc) is 2.30. The zero-order valence-corrected chi connectivity index (χ0v) is 15.2. The summed E-state index contributed by atoms with van der Waals surface area (Å²) in [7, 11) is -2.59. The standard InChI is InChI=1S/C14H17BrClFN2OS/c1-13(2)12(18)19-14(3,7-21(13,4)20)9-5-8(15)6-10(16)11(9)17/h5-6H,4,7H2,1-3H3,(H2,18,19)/t14-,21?/m0/s1. The molecule has 0 bridgehead atoms. The number of hydrogen-bond donors (Lipinski definition) is 1. The predicted octanol–water partition coefficient (Wildman–Crippen LogP) is 3.32. The van der Waals surface area contributed by atoms with E-state index in [2.05, 4.69) is 26.8 Å². The smallest absolute Gasteiger partial charge is 0.147 e. The first-order valence-electron chi connectivity index (χ1n) is 6.26. The lowest BCUT2D eigenvalue weighted by Gasteiger charge is -2.41. The highest BCUT2D eigenvalue weighted by atomic mass is 79.9. The van der Waals surface area contributed by atoms with Crippen LogP contribution in [-0.4, -0.2) is 26.4 Å². The van der Waals surface area contributed by atoms with Crippen LogP contribution in [0.25, 0.3) is 0 Å². The fourth-order valence-electron chi connectivity index (χ4n) is 2.34. The van der Waals surface area contributed by atoms with Crippen LogP contribution in [-0.2, 0) is 15.1 Å². The van der Waals surface area contributed by atoms with Gasteiger partial charge in [0.2, 0.25) is 0 Å². The van der Waals surface area contributed by atoms with E-state index in [0.29, 0.717) is 4.47 Å². The molecule has 2 atom stereocenters. The second-order valence-corrected chi connectivity index (χ2v) is 10.2. The molecule has 0 saturated carbocycles. The van der Waals surface area contributed by atoms with Gasteiger partial charge in [0.25, 0.3) is 0 Å². The predicted molar refractivity (Wildman–Crippen MR) is 92.3 cm³/mol. The Morgan fingerprint density at radius 2 is 2.05 bits per heavy atom. The third-order valence-electron chi connectivity index (χ3n) is 4.00. The summed E-state index contributed by atoms with van der Waals surface area (Å²) >= 11 is 9.18. The Hall–Kier alpha value is -0.590. The van der Waals surface area contributed by atoms with Gasteiger partial charge >= 0.3 is 0 Å². The van der Waals surface area contributed by atoms with Crippen molar-refractivity contribution in [2.45, 2.75) is 31.1 Å². The Balaban J connectivity index is 2.73. The first-order chi connectivity index (χ1) is 9.41. The van der Waals surface area contributed by atoms with Gasteiger partial charge < -0.3 is 5.73 Å². The quantitative estimate of drug-likeness (QED) is 0.586. The van der Waals surface area contributed by atoms with Crippen LogP contribution < -0.4 is 5.73 Å². The topological polar surface area (TPSA) is 55.5 Å². The maximum absolute atomic E-state index is 14.4. The SMILES string of the molecule is C=S1(=O)C[C@@](C)(c2cc(Br)cc(Cl)c2F)N=C(N)C1(C)C. The summed E-state index contributed by atoms with van der Waals surface area (Å²) in [6, 6.07) is 3.05. The molecule has 21 heavy (non-hydrogen) atoms. The van der Waals surface area contributed by atoms with Crippen molar-refractivity contribution in [3.63, 3.8) is 0 Å². The second kappa shape index (κ2) is 4.96. The maximum Gasteiger partial charge on any atom is 0.147 e. The van der Waals surface area contributed by atoms with Crippen LogP contribution in [0.2, 0.25) is 5.02 Å². The Morgan fingerprint density at radius 3 is 2.57 bits per heavy atom. The van der Waals surface area contributed by atoms with E-state index in [1.165, 1.54) is 6.07 Å². The van der Waals surface area contributed by atoms with Crippen LogP contribution in [0.15, 0.2) is 21.6 Å². The minimum atomic E-state index is -2.59. The molecule has 0 amide bonds. The molecule has 0 radical (unpaired) electrons. The summed E-state index contributed by atoms with van der Waals surface area (Å²) < 4.78 is 27.1. The van der Waals surface area contributed by atoms with Crippen molar-refractivity contribution in [1.29, 1.82) is 0 Å². The number of rotatable bonds is 1. The van der Waals surface area contributed by atoms with Gasteiger partial charge in [-0.25, -0.2) is 4.39 Å². The van der Waals surface area contributed by atoms with Crippen LogP contribution in [0.1, 0.15) is 26.3 Å². The number of nitrogens with zero attached hydrogens (tertiary/aromatic N) is 1. The lowest BCUT2D eigenvalue weighted by molar-refractivity contribution is 0.493. The molecule has 2 N–H and O–H groups in total. The Morgan fingerprint density at radius 1 is 1.48 bits per heavy atom. The maximum atomic E-state index is 14.4. The van der Waals surface area contributed by atoms with Crippen molar-refractivity contribution in [3.8, 4) is 0 Å². The minimum Gasteiger partial charge on any atom is -0.386 e. The van der Waals surface area contributed by atoms with Gasteiger partial charge in [-0.15, -0.1) is 0 Å². The van der Waals surface area contributed by atoms with E-state index in [4.69, 9.17) is 17.3 Å². The lowest BCUT2D eigenvalue weighted by atomic mass is 9.93. The third kappa shape index (κ3) is 2.62. The van der Waals surface area contributed by atoms with Gasteiger partial charge in [-0.1, -0.05) is 27.5 Å². The Bertz CT molecular complexity index is 746. The van der Waals surface area contributed by atoms with Crippen molar-refractivity contribution in [2.24, 2.45) is 10.7 Å². The summed E-state index contributed by atoms with van der Waals surface area (Å²) in [6.07, 6.45) is 0. The molecule has 7 heteroatoms. The van der Waals surface area contributed by atoms with Gasteiger partial charge in [0.1, 0.15) is 11.7 Å². The monoisotopic (exact) mass is 394 g/mol. The molecule has 1 aliphatic rings.